The molecular weight excluding hydrogens is 584 g/mol. The fourth-order valence-electron chi connectivity index (χ4n) is 7.89. The highest BCUT2D eigenvalue weighted by Gasteiger charge is 2.53. The number of carbonyl (C=O) groups is 1. The number of nitriles is 1. The molecule has 3 atom stereocenters. The van der Waals surface area contributed by atoms with Crippen LogP contribution in [0, 0.1) is 29.1 Å². The van der Waals surface area contributed by atoms with Gasteiger partial charge >= 0.3 is 6.09 Å². The van der Waals surface area contributed by atoms with E-state index in [2.05, 4.69) is 33.3 Å². The molecule has 2 heterocycles. The summed E-state index contributed by atoms with van der Waals surface area (Å²) in [5, 5.41) is 13.5. The van der Waals surface area contributed by atoms with Crippen LogP contribution >= 0.6 is 0 Å². The van der Waals surface area contributed by atoms with Crippen molar-refractivity contribution in [3.05, 3.63) is 90.5 Å². The highest BCUT2D eigenvalue weighted by molar-refractivity contribution is 7.91. The molecule has 6 rings (SSSR count). The Morgan fingerprint density at radius 3 is 2.16 bits per heavy atom. The normalized spacial score (nSPS) is 22.6. The Labute approximate surface area is 266 Å². The van der Waals surface area contributed by atoms with Gasteiger partial charge in [0.25, 0.3) is 0 Å². The van der Waals surface area contributed by atoms with Gasteiger partial charge in [-0.1, -0.05) is 48.5 Å². The number of hydrogen-bond donors (Lipinski definition) is 1. The summed E-state index contributed by atoms with van der Waals surface area (Å²) >= 11 is 0. The second-order valence-electron chi connectivity index (χ2n) is 12.7. The van der Waals surface area contributed by atoms with E-state index in [1.165, 1.54) is 0 Å². The SMILES string of the molecule is CNC(=O)O[C@H]1CCC[C@@H]1C(C#N)(c1ccccc1)C1CCN(CC2CN(c3ccc(S(=O)(=O)c4ccccc4)cc3)C2)CC1. The van der Waals surface area contributed by atoms with E-state index >= 15 is 0 Å². The summed E-state index contributed by atoms with van der Waals surface area (Å²) in [5.41, 5.74) is 1.39. The zero-order valence-corrected chi connectivity index (χ0v) is 26.7. The Morgan fingerprint density at radius 1 is 0.911 bits per heavy atom. The van der Waals surface area contributed by atoms with E-state index in [0.29, 0.717) is 15.7 Å². The Kier molecular flexibility index (Phi) is 9.16. The van der Waals surface area contributed by atoms with Crippen LogP contribution < -0.4 is 10.2 Å². The van der Waals surface area contributed by atoms with Crippen LogP contribution in [0.4, 0.5) is 10.5 Å². The minimum atomic E-state index is -3.52. The number of hydrogen-bond acceptors (Lipinski definition) is 7. The van der Waals surface area contributed by atoms with Crippen molar-refractivity contribution in [1.29, 1.82) is 5.26 Å². The maximum atomic E-state index is 12.9. The van der Waals surface area contributed by atoms with Crippen LogP contribution in [0.3, 0.4) is 0 Å². The number of benzene rings is 3. The number of amides is 1. The van der Waals surface area contributed by atoms with Gasteiger partial charge in [-0.25, -0.2) is 13.2 Å². The average Bonchev–Trinajstić information content (AvgIpc) is 3.53. The molecule has 1 saturated carbocycles. The third-order valence-corrected chi connectivity index (χ3v) is 12.0. The highest BCUT2D eigenvalue weighted by Crippen LogP contribution is 2.51. The molecule has 3 aromatic rings. The average molecular weight is 627 g/mol. The van der Waals surface area contributed by atoms with Crippen LogP contribution in [0.1, 0.15) is 37.7 Å². The molecule has 3 fully saturated rings. The minimum absolute atomic E-state index is 0.0343. The topological polar surface area (TPSA) is 103 Å². The summed E-state index contributed by atoms with van der Waals surface area (Å²) in [6.45, 7) is 4.78. The Balaban J connectivity index is 1.07. The van der Waals surface area contributed by atoms with E-state index in [1.54, 1.807) is 43.4 Å². The van der Waals surface area contributed by atoms with Gasteiger partial charge in [0, 0.05) is 44.2 Å². The lowest BCUT2D eigenvalue weighted by atomic mass is 9.59. The molecule has 3 aliphatic rings. The Hall–Kier alpha value is -3.87. The number of ether oxygens (including phenoxy) is 1. The minimum Gasteiger partial charge on any atom is -0.446 e. The Morgan fingerprint density at radius 2 is 1.53 bits per heavy atom. The second kappa shape index (κ2) is 13.2. The summed E-state index contributed by atoms with van der Waals surface area (Å²) in [7, 11) is -1.94. The molecule has 0 spiro atoms. The molecule has 1 unspecified atom stereocenters. The number of anilines is 1. The first-order valence-corrected chi connectivity index (χ1v) is 17.6. The number of carbonyl (C=O) groups excluding carboxylic acids is 1. The first-order chi connectivity index (χ1) is 21.8. The van der Waals surface area contributed by atoms with Crippen molar-refractivity contribution in [2.75, 3.05) is 44.7 Å². The van der Waals surface area contributed by atoms with Crippen LogP contribution in [0.5, 0.6) is 0 Å². The zero-order valence-electron chi connectivity index (χ0n) is 25.8. The van der Waals surface area contributed by atoms with Gasteiger partial charge in [-0.3, -0.25) is 0 Å². The van der Waals surface area contributed by atoms with Crippen molar-refractivity contribution in [2.24, 2.45) is 17.8 Å². The third kappa shape index (κ3) is 6.18. The molecule has 0 radical (unpaired) electrons. The molecule has 2 saturated heterocycles. The summed E-state index contributed by atoms with van der Waals surface area (Å²) < 4.78 is 31.7. The van der Waals surface area contributed by atoms with E-state index in [1.807, 2.05) is 36.4 Å². The molecule has 3 aromatic carbocycles. The van der Waals surface area contributed by atoms with E-state index in [4.69, 9.17) is 4.74 Å². The Bertz CT molecular complexity index is 1600. The number of rotatable bonds is 9. The fourth-order valence-corrected chi connectivity index (χ4v) is 9.18. The molecular formula is C36H42N4O4S. The predicted octanol–water partition coefficient (Wildman–Crippen LogP) is 5.65. The van der Waals surface area contributed by atoms with E-state index in [-0.39, 0.29) is 17.9 Å². The quantitative estimate of drug-likeness (QED) is 0.327. The molecule has 45 heavy (non-hydrogen) atoms. The van der Waals surface area contributed by atoms with Crippen molar-refractivity contribution < 1.29 is 17.9 Å². The predicted molar refractivity (Wildman–Crippen MR) is 174 cm³/mol. The second-order valence-corrected chi connectivity index (χ2v) is 14.7. The van der Waals surface area contributed by atoms with Gasteiger partial charge in [-0.2, -0.15) is 5.26 Å². The van der Waals surface area contributed by atoms with Gasteiger partial charge in [0.15, 0.2) is 0 Å². The number of nitrogens with one attached hydrogen (secondary N) is 1. The van der Waals surface area contributed by atoms with Crippen LogP contribution in [0.15, 0.2) is 94.7 Å². The molecule has 9 heteroatoms. The van der Waals surface area contributed by atoms with Gasteiger partial charge < -0.3 is 19.9 Å². The summed E-state index contributed by atoms with van der Waals surface area (Å²) in [4.78, 5) is 17.7. The van der Waals surface area contributed by atoms with E-state index < -0.39 is 21.3 Å². The van der Waals surface area contributed by atoms with Gasteiger partial charge in [0.05, 0.1) is 21.3 Å². The largest absolute Gasteiger partial charge is 0.446 e. The maximum absolute atomic E-state index is 12.9. The number of likely N-dealkylation sites (tertiary alicyclic amines) is 1. The fraction of sp³-hybridized carbons (Fsp3) is 0.444. The van der Waals surface area contributed by atoms with Crippen molar-refractivity contribution in [3.63, 3.8) is 0 Å². The monoisotopic (exact) mass is 626 g/mol. The van der Waals surface area contributed by atoms with Crippen molar-refractivity contribution in [2.45, 2.75) is 53.4 Å². The standard InChI is InChI=1S/C36H42N4O4S/c1-38-35(41)44-34-14-8-13-33(34)36(26-37,28-9-4-2-5-10-28)29-19-21-39(22-20-29)23-27-24-40(25-27)30-15-17-32(18-16-30)45(42,43)31-11-6-3-7-12-31/h2-7,9-12,15-18,27,29,33-34H,8,13-14,19-25H2,1H3,(H,38,41)/t33-,34-,36?/m0/s1. The molecule has 1 amide bonds. The van der Waals surface area contributed by atoms with Gasteiger partial charge in [-0.15, -0.1) is 0 Å². The third-order valence-electron chi connectivity index (χ3n) is 10.2. The van der Waals surface area contributed by atoms with Crippen LogP contribution in [0.25, 0.3) is 0 Å². The summed E-state index contributed by atoms with van der Waals surface area (Å²) in [5.74, 6) is 0.695. The molecule has 1 N–H and O–H groups in total. The van der Waals surface area contributed by atoms with Gasteiger partial charge in [0.1, 0.15) is 6.10 Å². The van der Waals surface area contributed by atoms with Crippen molar-refractivity contribution in [1.82, 2.24) is 10.2 Å². The molecule has 236 valence electrons. The smallest absolute Gasteiger partial charge is 0.407 e. The van der Waals surface area contributed by atoms with Crippen LogP contribution in [-0.2, 0) is 20.0 Å². The molecule has 1 aliphatic carbocycles. The van der Waals surface area contributed by atoms with Crippen molar-refractivity contribution in [3.8, 4) is 6.07 Å². The molecule has 2 aliphatic heterocycles. The molecule has 0 bridgehead atoms. The number of sulfone groups is 1. The lowest BCUT2D eigenvalue weighted by Gasteiger charge is -2.47. The lowest BCUT2D eigenvalue weighted by Crippen LogP contribution is -2.54. The van der Waals surface area contributed by atoms with Crippen LogP contribution in [0.2, 0.25) is 0 Å². The molecule has 0 aromatic heterocycles. The number of piperidine rings is 1. The first-order valence-electron chi connectivity index (χ1n) is 16.1. The zero-order chi connectivity index (χ0) is 31.4. The summed E-state index contributed by atoms with van der Waals surface area (Å²) in [6, 6.07) is 28.8. The van der Waals surface area contributed by atoms with Crippen molar-refractivity contribution >= 4 is 21.6 Å². The molecule has 8 nitrogen and oxygen atoms in total. The first kappa shape index (κ1) is 31.1. The van der Waals surface area contributed by atoms with Gasteiger partial charge in [-0.05, 0) is 93.1 Å². The highest BCUT2D eigenvalue weighted by atomic mass is 32.2. The van der Waals surface area contributed by atoms with Gasteiger partial charge in [0.2, 0.25) is 9.84 Å². The van der Waals surface area contributed by atoms with E-state index in [9.17, 15) is 18.5 Å². The lowest BCUT2D eigenvalue weighted by molar-refractivity contribution is 0.0307. The number of alkyl carbamates (subject to hydrolysis) is 1. The number of nitrogens with zero attached hydrogens (tertiary/aromatic N) is 3. The van der Waals surface area contributed by atoms with Crippen LogP contribution in [-0.4, -0.2) is 65.3 Å². The maximum Gasteiger partial charge on any atom is 0.407 e. The summed E-state index contributed by atoms with van der Waals surface area (Å²) in [6.07, 6.45) is 3.78. The van der Waals surface area contributed by atoms with E-state index in [0.717, 1.165) is 76.1 Å².